The van der Waals surface area contributed by atoms with E-state index in [2.05, 4.69) is 15.3 Å². The summed E-state index contributed by atoms with van der Waals surface area (Å²) < 4.78 is 0. The Morgan fingerprint density at radius 2 is 1.82 bits per heavy atom. The summed E-state index contributed by atoms with van der Waals surface area (Å²) in [6, 6.07) is 8.92. The lowest BCUT2D eigenvalue weighted by Gasteiger charge is -2.29. The fourth-order valence-electron chi connectivity index (χ4n) is 2.29. The summed E-state index contributed by atoms with van der Waals surface area (Å²) in [5.74, 6) is -1.36. The van der Waals surface area contributed by atoms with Gasteiger partial charge in [0.15, 0.2) is 0 Å². The van der Waals surface area contributed by atoms with E-state index in [1.807, 2.05) is 6.07 Å². The van der Waals surface area contributed by atoms with Gasteiger partial charge in [-0.05, 0) is 12.0 Å². The zero-order chi connectivity index (χ0) is 16.0. The zero-order valence-electron chi connectivity index (χ0n) is 12.2. The quantitative estimate of drug-likeness (QED) is 0.846. The third-order valence-corrected chi connectivity index (χ3v) is 3.71. The van der Waals surface area contributed by atoms with Crippen LogP contribution >= 0.6 is 0 Å². The van der Waals surface area contributed by atoms with Gasteiger partial charge >= 0.3 is 5.97 Å². The second kappa shape index (κ2) is 6.80. The average molecular weight is 299 g/mol. The lowest BCUT2D eigenvalue weighted by atomic mass is 9.78. The van der Waals surface area contributed by atoms with Crippen molar-refractivity contribution >= 4 is 11.9 Å². The SMILES string of the molecule is CC[C@](CNC(=O)c1cncnc1)(C(=O)O)c1ccccc1. The van der Waals surface area contributed by atoms with Gasteiger partial charge in [0.2, 0.25) is 0 Å². The Bertz CT molecular complexity index is 646. The van der Waals surface area contributed by atoms with Crippen molar-refractivity contribution < 1.29 is 14.7 Å². The number of amides is 1. The van der Waals surface area contributed by atoms with Crippen LogP contribution in [0.3, 0.4) is 0 Å². The first-order chi connectivity index (χ1) is 10.6. The van der Waals surface area contributed by atoms with Crippen LogP contribution in [-0.4, -0.2) is 33.5 Å². The number of nitrogens with zero attached hydrogens (tertiary/aromatic N) is 2. The monoisotopic (exact) mass is 299 g/mol. The number of aromatic nitrogens is 2. The van der Waals surface area contributed by atoms with E-state index in [-0.39, 0.29) is 6.54 Å². The van der Waals surface area contributed by atoms with E-state index in [9.17, 15) is 14.7 Å². The molecule has 1 amide bonds. The van der Waals surface area contributed by atoms with E-state index in [0.717, 1.165) is 0 Å². The lowest BCUT2D eigenvalue weighted by Crippen LogP contribution is -2.46. The maximum absolute atomic E-state index is 12.1. The summed E-state index contributed by atoms with van der Waals surface area (Å²) in [5, 5.41) is 12.4. The summed E-state index contributed by atoms with van der Waals surface area (Å²) in [5.41, 5.74) is -0.201. The Kier molecular flexibility index (Phi) is 4.83. The van der Waals surface area contributed by atoms with Crippen molar-refractivity contribution in [1.82, 2.24) is 15.3 Å². The molecule has 2 N–H and O–H groups in total. The van der Waals surface area contributed by atoms with E-state index in [1.165, 1.54) is 18.7 Å². The third kappa shape index (κ3) is 3.11. The number of aliphatic carboxylic acids is 1. The van der Waals surface area contributed by atoms with Crippen molar-refractivity contribution in [2.45, 2.75) is 18.8 Å². The van der Waals surface area contributed by atoms with Gasteiger partial charge in [-0.25, -0.2) is 9.97 Å². The second-order valence-corrected chi connectivity index (χ2v) is 4.92. The van der Waals surface area contributed by atoms with Crippen LogP contribution in [0.1, 0.15) is 29.3 Å². The molecule has 6 heteroatoms. The highest BCUT2D eigenvalue weighted by Crippen LogP contribution is 2.27. The Hall–Kier alpha value is -2.76. The predicted molar refractivity (Wildman–Crippen MR) is 80.4 cm³/mol. The Morgan fingerprint density at radius 3 is 2.36 bits per heavy atom. The molecule has 0 spiro atoms. The zero-order valence-corrected chi connectivity index (χ0v) is 12.2. The van der Waals surface area contributed by atoms with Gasteiger partial charge in [0.1, 0.15) is 11.7 Å². The second-order valence-electron chi connectivity index (χ2n) is 4.92. The van der Waals surface area contributed by atoms with E-state index < -0.39 is 17.3 Å². The molecule has 22 heavy (non-hydrogen) atoms. The molecule has 1 aromatic heterocycles. The molecule has 1 aromatic carbocycles. The summed E-state index contributed by atoms with van der Waals surface area (Å²) in [7, 11) is 0. The standard InChI is InChI=1S/C16H17N3O3/c1-2-16(15(21)22,13-6-4-3-5-7-13)10-19-14(20)12-8-17-11-18-9-12/h3-9,11H,2,10H2,1H3,(H,19,20)(H,21,22)/t16-/m1/s1. The fourth-order valence-corrected chi connectivity index (χ4v) is 2.29. The molecular formula is C16H17N3O3. The molecule has 1 heterocycles. The van der Waals surface area contributed by atoms with Gasteiger partial charge in [-0.2, -0.15) is 0 Å². The van der Waals surface area contributed by atoms with Crippen LogP contribution in [0, 0.1) is 0 Å². The molecule has 0 radical (unpaired) electrons. The molecule has 0 saturated heterocycles. The number of carboxylic acids is 1. The Balaban J connectivity index is 2.22. The van der Waals surface area contributed by atoms with E-state index in [0.29, 0.717) is 17.5 Å². The van der Waals surface area contributed by atoms with Gasteiger partial charge in [-0.15, -0.1) is 0 Å². The Labute approximate surface area is 128 Å². The molecule has 0 fully saturated rings. The predicted octanol–water partition coefficient (Wildman–Crippen LogP) is 1.64. The third-order valence-electron chi connectivity index (χ3n) is 3.71. The van der Waals surface area contributed by atoms with Crippen molar-refractivity contribution in [2.75, 3.05) is 6.54 Å². The highest BCUT2D eigenvalue weighted by atomic mass is 16.4. The lowest BCUT2D eigenvalue weighted by molar-refractivity contribution is -0.143. The molecule has 0 aliphatic carbocycles. The molecule has 0 unspecified atom stereocenters. The van der Waals surface area contributed by atoms with Crippen LogP contribution in [0.2, 0.25) is 0 Å². The summed E-state index contributed by atoms with van der Waals surface area (Å²) in [4.78, 5) is 31.5. The van der Waals surface area contributed by atoms with Gasteiger partial charge in [-0.1, -0.05) is 37.3 Å². The molecule has 6 nitrogen and oxygen atoms in total. The maximum atomic E-state index is 12.1. The van der Waals surface area contributed by atoms with Crippen molar-refractivity contribution in [1.29, 1.82) is 0 Å². The number of hydrogen-bond donors (Lipinski definition) is 2. The van der Waals surface area contributed by atoms with Crippen LogP contribution in [0.5, 0.6) is 0 Å². The topological polar surface area (TPSA) is 92.2 Å². The first-order valence-electron chi connectivity index (χ1n) is 6.92. The van der Waals surface area contributed by atoms with Gasteiger partial charge < -0.3 is 10.4 Å². The van der Waals surface area contributed by atoms with Gasteiger partial charge in [0.25, 0.3) is 5.91 Å². The smallest absolute Gasteiger partial charge is 0.315 e. The largest absolute Gasteiger partial charge is 0.481 e. The van der Waals surface area contributed by atoms with Gasteiger partial charge in [-0.3, -0.25) is 9.59 Å². The summed E-state index contributed by atoms with van der Waals surface area (Å²) >= 11 is 0. The van der Waals surface area contributed by atoms with E-state index >= 15 is 0 Å². The molecule has 2 aromatic rings. The fraction of sp³-hybridized carbons (Fsp3) is 0.250. The molecule has 0 bridgehead atoms. The summed E-state index contributed by atoms with van der Waals surface area (Å²) in [6.07, 6.45) is 4.46. The molecular weight excluding hydrogens is 282 g/mol. The van der Waals surface area contributed by atoms with E-state index in [4.69, 9.17) is 0 Å². The highest BCUT2D eigenvalue weighted by molar-refractivity contribution is 5.94. The van der Waals surface area contributed by atoms with Crippen LogP contribution < -0.4 is 5.32 Å². The first kappa shape index (κ1) is 15.6. The number of benzene rings is 1. The minimum absolute atomic E-state index is 0.00340. The van der Waals surface area contributed by atoms with Crippen LogP contribution in [0.25, 0.3) is 0 Å². The number of rotatable bonds is 6. The number of carbonyl (C=O) groups is 2. The normalized spacial score (nSPS) is 13.1. The molecule has 0 saturated carbocycles. The molecule has 0 aliphatic rings. The minimum atomic E-state index is -1.16. The molecule has 2 rings (SSSR count). The molecule has 1 atom stereocenters. The van der Waals surface area contributed by atoms with Crippen LogP contribution in [-0.2, 0) is 10.2 Å². The van der Waals surface area contributed by atoms with Crippen molar-refractivity contribution in [2.24, 2.45) is 0 Å². The van der Waals surface area contributed by atoms with Gasteiger partial charge in [0, 0.05) is 18.9 Å². The van der Waals surface area contributed by atoms with E-state index in [1.54, 1.807) is 31.2 Å². The van der Waals surface area contributed by atoms with Crippen molar-refractivity contribution in [3.63, 3.8) is 0 Å². The van der Waals surface area contributed by atoms with Crippen molar-refractivity contribution in [3.8, 4) is 0 Å². The minimum Gasteiger partial charge on any atom is -0.481 e. The van der Waals surface area contributed by atoms with Crippen LogP contribution in [0.15, 0.2) is 49.1 Å². The average Bonchev–Trinajstić information content (AvgIpc) is 2.57. The molecule has 0 aliphatic heterocycles. The van der Waals surface area contributed by atoms with Crippen LogP contribution in [0.4, 0.5) is 0 Å². The van der Waals surface area contributed by atoms with Gasteiger partial charge in [0.05, 0.1) is 5.56 Å². The number of carboxylic acid groups (broad SMARTS) is 1. The summed E-state index contributed by atoms with van der Waals surface area (Å²) in [6.45, 7) is 1.79. The van der Waals surface area contributed by atoms with Crippen molar-refractivity contribution in [3.05, 3.63) is 60.2 Å². The molecule has 114 valence electrons. The number of carbonyl (C=O) groups excluding carboxylic acids is 1. The Morgan fingerprint density at radius 1 is 1.18 bits per heavy atom. The highest BCUT2D eigenvalue weighted by Gasteiger charge is 2.39. The first-order valence-corrected chi connectivity index (χ1v) is 6.92. The number of hydrogen-bond acceptors (Lipinski definition) is 4. The number of nitrogens with one attached hydrogen (secondary N) is 1. The maximum Gasteiger partial charge on any atom is 0.315 e.